The molecule has 0 aliphatic carbocycles. The van der Waals surface area contributed by atoms with Gasteiger partial charge in [0.05, 0.1) is 0 Å². The molecule has 0 bridgehead atoms. The summed E-state index contributed by atoms with van der Waals surface area (Å²) in [5.74, 6) is 0.772. The number of hydrogen-bond donors (Lipinski definition) is 1. The predicted molar refractivity (Wildman–Crippen MR) is 86.2 cm³/mol. The van der Waals surface area contributed by atoms with E-state index in [0.29, 0.717) is 5.41 Å². The van der Waals surface area contributed by atoms with E-state index >= 15 is 0 Å². The Bertz CT molecular complexity index is 387. The number of nitrogens with one attached hydrogen (secondary N) is 1. The van der Waals surface area contributed by atoms with E-state index in [-0.39, 0.29) is 24.8 Å². The lowest BCUT2D eigenvalue weighted by Gasteiger charge is -2.31. The van der Waals surface area contributed by atoms with Gasteiger partial charge in [0.2, 0.25) is 0 Å². The monoisotopic (exact) mass is 324 g/mol. The number of fused-ring (bicyclic) bond motifs is 1. The lowest BCUT2D eigenvalue weighted by Crippen LogP contribution is -2.41. The first-order valence-electron chi connectivity index (χ1n) is 6.19. The van der Waals surface area contributed by atoms with Gasteiger partial charge in [-0.1, -0.05) is 0 Å². The van der Waals surface area contributed by atoms with E-state index in [1.165, 1.54) is 11.7 Å². The van der Waals surface area contributed by atoms with E-state index in [1.54, 1.807) is 11.3 Å². The lowest BCUT2D eigenvalue weighted by molar-refractivity contribution is 0.205. The third-order valence-corrected chi connectivity index (χ3v) is 4.83. The van der Waals surface area contributed by atoms with Crippen molar-refractivity contribution in [3.05, 3.63) is 11.6 Å². The maximum atomic E-state index is 4.45. The highest BCUT2D eigenvalue weighted by Gasteiger charge is 2.50. The largest absolute Gasteiger partial charge is 0.347 e. The predicted octanol–water partition coefficient (Wildman–Crippen LogP) is 1.57. The second-order valence-electron chi connectivity index (χ2n) is 5.62. The Labute approximate surface area is 131 Å². The molecule has 7 heteroatoms. The van der Waals surface area contributed by atoms with Crippen molar-refractivity contribution in [1.29, 1.82) is 0 Å². The average molecular weight is 325 g/mol. The fourth-order valence-electron chi connectivity index (χ4n) is 3.39. The molecule has 2 fully saturated rings. The van der Waals surface area contributed by atoms with Gasteiger partial charge in [-0.2, -0.15) is 0 Å². The van der Waals surface area contributed by atoms with Crippen LogP contribution in [-0.4, -0.2) is 56.7 Å². The smallest absolute Gasteiger partial charge is 0.185 e. The number of hydrogen-bond acceptors (Lipinski definition) is 5. The third kappa shape index (κ3) is 3.16. The molecular formula is C12H22Cl2N4S. The molecule has 4 nitrogen and oxygen atoms in total. The van der Waals surface area contributed by atoms with Crippen molar-refractivity contribution in [2.75, 3.05) is 51.7 Å². The van der Waals surface area contributed by atoms with Gasteiger partial charge in [-0.3, -0.25) is 0 Å². The van der Waals surface area contributed by atoms with Crippen LogP contribution in [0.15, 0.2) is 11.6 Å². The summed E-state index contributed by atoms with van der Waals surface area (Å²) in [6, 6.07) is 0. The van der Waals surface area contributed by atoms with E-state index in [9.17, 15) is 0 Å². The molecule has 2 aliphatic rings. The minimum atomic E-state index is 0. The van der Waals surface area contributed by atoms with Crippen LogP contribution in [0.3, 0.4) is 0 Å². The first-order chi connectivity index (χ1) is 8.20. The zero-order valence-corrected chi connectivity index (χ0v) is 13.8. The Morgan fingerprint density at radius 2 is 2.32 bits per heavy atom. The van der Waals surface area contributed by atoms with Crippen molar-refractivity contribution < 1.29 is 0 Å². The van der Waals surface area contributed by atoms with Gasteiger partial charge in [0, 0.05) is 49.7 Å². The Morgan fingerprint density at radius 3 is 2.95 bits per heavy atom. The van der Waals surface area contributed by atoms with Gasteiger partial charge in [0.15, 0.2) is 5.13 Å². The van der Waals surface area contributed by atoms with Crippen molar-refractivity contribution in [3.63, 3.8) is 0 Å². The highest BCUT2D eigenvalue weighted by atomic mass is 35.5. The normalized spacial score (nSPS) is 29.0. The minimum Gasteiger partial charge on any atom is -0.347 e. The molecule has 1 aromatic heterocycles. The second kappa shape index (κ2) is 6.59. The summed E-state index contributed by atoms with van der Waals surface area (Å²) < 4.78 is 0. The van der Waals surface area contributed by atoms with Crippen LogP contribution in [0.4, 0.5) is 5.13 Å². The molecule has 2 saturated heterocycles. The summed E-state index contributed by atoms with van der Waals surface area (Å²) in [5, 5.41) is 6.83. The lowest BCUT2D eigenvalue weighted by atomic mass is 9.80. The van der Waals surface area contributed by atoms with Crippen LogP contribution in [0.25, 0.3) is 0 Å². The average Bonchev–Trinajstić information content (AvgIpc) is 2.87. The maximum Gasteiger partial charge on any atom is 0.185 e. The standard InChI is InChI=1S/C12H20N4S.2ClH/c1-15(2)8-12-7-13-5-10(12)6-16(9-12)11-14-3-4-17-11;;/h3-4,10,13H,5-9H2,1-2H3;2*1H. The van der Waals surface area contributed by atoms with Gasteiger partial charge in [-0.15, -0.1) is 36.2 Å². The zero-order valence-electron chi connectivity index (χ0n) is 11.3. The summed E-state index contributed by atoms with van der Waals surface area (Å²) in [6.45, 7) is 5.80. The van der Waals surface area contributed by atoms with Gasteiger partial charge >= 0.3 is 0 Å². The number of thiazole rings is 1. The molecule has 3 rings (SSSR count). The van der Waals surface area contributed by atoms with Crippen LogP contribution in [0.5, 0.6) is 0 Å². The van der Waals surface area contributed by atoms with Crippen molar-refractivity contribution in [2.24, 2.45) is 11.3 Å². The SMILES string of the molecule is CN(C)CC12CNCC1CN(c1nccs1)C2.Cl.Cl. The topological polar surface area (TPSA) is 31.4 Å². The molecule has 3 heterocycles. The van der Waals surface area contributed by atoms with Crippen LogP contribution in [0, 0.1) is 11.3 Å². The van der Waals surface area contributed by atoms with E-state index < -0.39 is 0 Å². The summed E-state index contributed by atoms with van der Waals surface area (Å²) in [7, 11) is 4.35. The molecule has 0 aromatic carbocycles. The molecule has 19 heavy (non-hydrogen) atoms. The number of aromatic nitrogens is 1. The number of anilines is 1. The minimum absolute atomic E-state index is 0. The Kier molecular flexibility index (Phi) is 5.89. The molecule has 0 spiro atoms. The van der Waals surface area contributed by atoms with E-state index in [0.717, 1.165) is 32.1 Å². The van der Waals surface area contributed by atoms with Crippen LogP contribution in [0.1, 0.15) is 0 Å². The first-order valence-corrected chi connectivity index (χ1v) is 7.07. The number of nitrogens with zero attached hydrogens (tertiary/aromatic N) is 3. The van der Waals surface area contributed by atoms with Crippen LogP contribution < -0.4 is 10.2 Å². The van der Waals surface area contributed by atoms with Crippen LogP contribution in [-0.2, 0) is 0 Å². The Hall–Kier alpha value is -0.0700. The van der Waals surface area contributed by atoms with Crippen LogP contribution >= 0.6 is 36.2 Å². The molecule has 1 aromatic rings. The molecular weight excluding hydrogens is 303 g/mol. The Balaban J connectivity index is 0.000000902. The quantitative estimate of drug-likeness (QED) is 0.914. The highest BCUT2D eigenvalue weighted by molar-refractivity contribution is 7.13. The van der Waals surface area contributed by atoms with E-state index in [1.807, 2.05) is 6.20 Å². The van der Waals surface area contributed by atoms with Crippen molar-refractivity contribution in [1.82, 2.24) is 15.2 Å². The molecule has 1 N–H and O–H groups in total. The summed E-state index contributed by atoms with van der Waals surface area (Å²) in [5.41, 5.74) is 0.426. The van der Waals surface area contributed by atoms with Crippen molar-refractivity contribution in [3.8, 4) is 0 Å². The molecule has 0 radical (unpaired) electrons. The fraction of sp³-hybridized carbons (Fsp3) is 0.750. The van der Waals surface area contributed by atoms with Gasteiger partial charge in [0.1, 0.15) is 0 Å². The molecule has 2 aliphatic heterocycles. The van der Waals surface area contributed by atoms with E-state index in [4.69, 9.17) is 0 Å². The highest BCUT2D eigenvalue weighted by Crippen LogP contribution is 2.41. The van der Waals surface area contributed by atoms with Crippen molar-refractivity contribution in [2.45, 2.75) is 0 Å². The molecule has 0 amide bonds. The van der Waals surface area contributed by atoms with Gasteiger partial charge in [-0.25, -0.2) is 4.98 Å². The molecule has 2 atom stereocenters. The fourth-order valence-corrected chi connectivity index (χ4v) is 4.05. The summed E-state index contributed by atoms with van der Waals surface area (Å²) >= 11 is 1.76. The summed E-state index contributed by atoms with van der Waals surface area (Å²) in [4.78, 5) is 9.24. The number of rotatable bonds is 3. The summed E-state index contributed by atoms with van der Waals surface area (Å²) in [6.07, 6.45) is 1.91. The van der Waals surface area contributed by atoms with E-state index in [2.05, 4.69) is 39.6 Å². The maximum absolute atomic E-state index is 4.45. The Morgan fingerprint density at radius 1 is 1.53 bits per heavy atom. The second-order valence-corrected chi connectivity index (χ2v) is 6.50. The molecule has 0 saturated carbocycles. The molecule has 110 valence electrons. The van der Waals surface area contributed by atoms with Crippen LogP contribution in [0.2, 0.25) is 0 Å². The first kappa shape index (κ1) is 17.0. The van der Waals surface area contributed by atoms with Gasteiger partial charge in [-0.05, 0) is 20.0 Å². The number of halogens is 2. The van der Waals surface area contributed by atoms with Crippen molar-refractivity contribution >= 4 is 41.3 Å². The zero-order chi connectivity index (χ0) is 11.9. The van der Waals surface area contributed by atoms with Gasteiger partial charge in [0.25, 0.3) is 0 Å². The molecule has 2 unspecified atom stereocenters. The third-order valence-electron chi connectivity index (χ3n) is 4.00. The van der Waals surface area contributed by atoms with Gasteiger partial charge < -0.3 is 15.1 Å².